The van der Waals surface area contributed by atoms with E-state index in [1.54, 1.807) is 24.3 Å². The van der Waals surface area contributed by atoms with Crippen LogP contribution in [0.4, 0.5) is 5.69 Å². The molecule has 0 spiro atoms. The molecule has 2 aromatic rings. The van der Waals surface area contributed by atoms with E-state index in [9.17, 15) is 9.59 Å². The van der Waals surface area contributed by atoms with Crippen LogP contribution in [0.25, 0.3) is 6.08 Å². The lowest BCUT2D eigenvalue weighted by Crippen LogP contribution is -2.29. The van der Waals surface area contributed by atoms with Crippen LogP contribution in [-0.2, 0) is 14.3 Å². The molecule has 0 saturated carbocycles. The topological polar surface area (TPSA) is 64.6 Å². The van der Waals surface area contributed by atoms with Gasteiger partial charge in [0.05, 0.1) is 17.3 Å². The molecule has 0 aromatic heterocycles. The van der Waals surface area contributed by atoms with Crippen LogP contribution in [0.15, 0.2) is 48.5 Å². The normalized spacial score (nSPS) is 11.9. The second-order valence-electron chi connectivity index (χ2n) is 5.50. The first kappa shape index (κ1) is 20.8. The highest BCUT2D eigenvalue weighted by atomic mass is 35.5. The molecule has 5 nitrogen and oxygen atoms in total. The summed E-state index contributed by atoms with van der Waals surface area (Å²) in [6.45, 7) is 3.86. The molecule has 0 unspecified atom stereocenters. The summed E-state index contributed by atoms with van der Waals surface area (Å²) in [6.07, 6.45) is 1.82. The fourth-order valence-electron chi connectivity index (χ4n) is 2.16. The van der Waals surface area contributed by atoms with Crippen LogP contribution in [0.5, 0.6) is 5.75 Å². The van der Waals surface area contributed by atoms with Crippen molar-refractivity contribution < 1.29 is 19.1 Å². The number of ether oxygens (including phenoxy) is 2. The number of benzene rings is 2. The SMILES string of the molecule is CCOc1ccccc1/C=C/C(=O)O[C@@H](C)C(=O)Nc1ccc(Cl)cc1Cl. The van der Waals surface area contributed by atoms with E-state index >= 15 is 0 Å². The maximum absolute atomic E-state index is 12.2. The first-order valence-electron chi connectivity index (χ1n) is 8.27. The first-order valence-corrected chi connectivity index (χ1v) is 9.02. The third-order valence-corrected chi connectivity index (χ3v) is 4.02. The Labute approximate surface area is 167 Å². The van der Waals surface area contributed by atoms with Gasteiger partial charge in [-0.05, 0) is 44.2 Å². The van der Waals surface area contributed by atoms with E-state index in [1.165, 1.54) is 19.1 Å². The number of esters is 1. The molecule has 0 radical (unpaired) electrons. The van der Waals surface area contributed by atoms with Gasteiger partial charge >= 0.3 is 5.97 Å². The molecule has 1 amide bonds. The van der Waals surface area contributed by atoms with Gasteiger partial charge in [-0.2, -0.15) is 0 Å². The molecule has 142 valence electrons. The van der Waals surface area contributed by atoms with Crippen LogP contribution >= 0.6 is 23.2 Å². The van der Waals surface area contributed by atoms with Gasteiger partial charge in [-0.3, -0.25) is 4.79 Å². The van der Waals surface area contributed by atoms with Gasteiger partial charge in [0.2, 0.25) is 0 Å². The standard InChI is InChI=1S/C20H19Cl2NO4/c1-3-26-18-7-5-4-6-14(18)8-11-19(24)27-13(2)20(25)23-17-10-9-15(21)12-16(17)22/h4-13H,3H2,1-2H3,(H,23,25)/b11-8+/t13-/m0/s1. The lowest BCUT2D eigenvalue weighted by atomic mass is 10.2. The van der Waals surface area contributed by atoms with E-state index in [4.69, 9.17) is 32.7 Å². The molecule has 27 heavy (non-hydrogen) atoms. The van der Waals surface area contributed by atoms with E-state index in [0.29, 0.717) is 28.1 Å². The van der Waals surface area contributed by atoms with Gasteiger partial charge in [-0.25, -0.2) is 4.79 Å². The van der Waals surface area contributed by atoms with Crippen molar-refractivity contribution >= 4 is 46.8 Å². The Morgan fingerprint density at radius 2 is 1.93 bits per heavy atom. The predicted octanol–water partition coefficient (Wildman–Crippen LogP) is 4.98. The molecule has 1 N–H and O–H groups in total. The Bertz CT molecular complexity index is 852. The Morgan fingerprint density at radius 1 is 1.19 bits per heavy atom. The molecule has 2 aromatic carbocycles. The van der Waals surface area contributed by atoms with Crippen LogP contribution in [0.3, 0.4) is 0 Å². The molecule has 0 aliphatic rings. The predicted molar refractivity (Wildman–Crippen MR) is 107 cm³/mol. The molecular weight excluding hydrogens is 389 g/mol. The Balaban J connectivity index is 1.95. The fourth-order valence-corrected chi connectivity index (χ4v) is 2.61. The average molecular weight is 408 g/mol. The largest absolute Gasteiger partial charge is 0.493 e. The summed E-state index contributed by atoms with van der Waals surface area (Å²) in [4.78, 5) is 24.2. The molecule has 1 atom stereocenters. The number of nitrogens with one attached hydrogen (secondary N) is 1. The monoisotopic (exact) mass is 407 g/mol. The van der Waals surface area contributed by atoms with Crippen LogP contribution in [0.1, 0.15) is 19.4 Å². The zero-order valence-corrected chi connectivity index (χ0v) is 16.4. The highest BCUT2D eigenvalue weighted by molar-refractivity contribution is 6.36. The number of carbonyl (C=O) groups is 2. The zero-order valence-electron chi connectivity index (χ0n) is 14.9. The highest BCUT2D eigenvalue weighted by Gasteiger charge is 2.18. The van der Waals surface area contributed by atoms with Crippen LogP contribution in [0, 0.1) is 0 Å². The number of amides is 1. The minimum Gasteiger partial charge on any atom is -0.493 e. The van der Waals surface area contributed by atoms with Gasteiger partial charge in [0.1, 0.15) is 5.75 Å². The van der Waals surface area contributed by atoms with Crippen LogP contribution in [-0.4, -0.2) is 24.6 Å². The molecule has 0 saturated heterocycles. The van der Waals surface area contributed by atoms with Gasteiger partial charge in [-0.15, -0.1) is 0 Å². The van der Waals surface area contributed by atoms with Crippen molar-refractivity contribution in [2.45, 2.75) is 20.0 Å². The van der Waals surface area contributed by atoms with E-state index in [2.05, 4.69) is 5.32 Å². The van der Waals surface area contributed by atoms with Crippen LogP contribution < -0.4 is 10.1 Å². The molecule has 2 rings (SSSR count). The molecule has 0 heterocycles. The summed E-state index contributed by atoms with van der Waals surface area (Å²) in [5.74, 6) is -0.492. The van der Waals surface area contributed by atoms with Gasteiger partial charge < -0.3 is 14.8 Å². The Kier molecular flexibility index (Phi) is 7.70. The van der Waals surface area contributed by atoms with Gasteiger partial charge in [0.15, 0.2) is 6.10 Å². The zero-order chi connectivity index (χ0) is 19.8. The molecule has 0 fully saturated rings. The third kappa shape index (κ3) is 6.31. The van der Waals surface area contributed by atoms with Crippen molar-refractivity contribution in [2.75, 3.05) is 11.9 Å². The Hall–Kier alpha value is -2.50. The lowest BCUT2D eigenvalue weighted by molar-refractivity contribution is -0.148. The average Bonchev–Trinajstić information content (AvgIpc) is 2.63. The van der Waals surface area contributed by atoms with Gasteiger partial charge in [0, 0.05) is 16.7 Å². The number of rotatable bonds is 7. The molecule has 0 aliphatic heterocycles. The summed E-state index contributed by atoms with van der Waals surface area (Å²) in [5.41, 5.74) is 1.12. The summed E-state index contributed by atoms with van der Waals surface area (Å²) in [5, 5.41) is 3.34. The number of hydrogen-bond acceptors (Lipinski definition) is 4. The molecule has 0 aliphatic carbocycles. The van der Waals surface area contributed by atoms with Crippen molar-refractivity contribution in [3.05, 3.63) is 64.1 Å². The summed E-state index contributed by atoms with van der Waals surface area (Å²) in [7, 11) is 0. The van der Waals surface area contributed by atoms with E-state index in [-0.39, 0.29) is 0 Å². The fraction of sp³-hybridized carbons (Fsp3) is 0.200. The van der Waals surface area contributed by atoms with Crippen LogP contribution in [0.2, 0.25) is 10.0 Å². The van der Waals surface area contributed by atoms with Crippen molar-refractivity contribution in [1.29, 1.82) is 0 Å². The number of hydrogen-bond donors (Lipinski definition) is 1. The summed E-state index contributed by atoms with van der Waals surface area (Å²) >= 11 is 11.8. The molecule has 7 heteroatoms. The number of carbonyl (C=O) groups excluding carboxylic acids is 2. The second kappa shape index (κ2) is 10.00. The summed E-state index contributed by atoms with van der Waals surface area (Å²) < 4.78 is 10.6. The molecule has 0 bridgehead atoms. The maximum atomic E-state index is 12.2. The molecular formula is C20H19Cl2NO4. The van der Waals surface area contributed by atoms with E-state index in [1.807, 2.05) is 25.1 Å². The van der Waals surface area contributed by atoms with E-state index < -0.39 is 18.0 Å². The number of halogens is 2. The smallest absolute Gasteiger partial charge is 0.331 e. The summed E-state index contributed by atoms with van der Waals surface area (Å²) in [6, 6.07) is 12.0. The number of para-hydroxylation sites is 1. The Morgan fingerprint density at radius 3 is 2.63 bits per heavy atom. The minimum absolute atomic E-state index is 0.293. The van der Waals surface area contributed by atoms with Crippen molar-refractivity contribution in [2.24, 2.45) is 0 Å². The second-order valence-corrected chi connectivity index (χ2v) is 6.34. The van der Waals surface area contributed by atoms with Gasteiger partial charge in [0.25, 0.3) is 5.91 Å². The quantitative estimate of drug-likeness (QED) is 0.519. The maximum Gasteiger partial charge on any atom is 0.331 e. The third-order valence-electron chi connectivity index (χ3n) is 3.47. The first-order chi connectivity index (χ1) is 12.9. The van der Waals surface area contributed by atoms with Crippen molar-refractivity contribution in [3.8, 4) is 5.75 Å². The van der Waals surface area contributed by atoms with E-state index in [0.717, 1.165) is 5.56 Å². The van der Waals surface area contributed by atoms with Crippen molar-refractivity contribution in [1.82, 2.24) is 0 Å². The van der Waals surface area contributed by atoms with Gasteiger partial charge in [-0.1, -0.05) is 41.4 Å². The lowest BCUT2D eigenvalue weighted by Gasteiger charge is -2.13. The minimum atomic E-state index is -1.00. The highest BCUT2D eigenvalue weighted by Crippen LogP contribution is 2.25. The van der Waals surface area contributed by atoms with Crippen molar-refractivity contribution in [3.63, 3.8) is 0 Å². The number of anilines is 1.